The van der Waals surface area contributed by atoms with Crippen molar-refractivity contribution in [1.82, 2.24) is 9.69 Å². The molecule has 3 N–H and O–H groups in total. The minimum Gasteiger partial charge on any atom is -0.490 e. The van der Waals surface area contributed by atoms with Crippen LogP contribution in [0.5, 0.6) is 5.75 Å². The van der Waals surface area contributed by atoms with Crippen molar-refractivity contribution in [2.24, 2.45) is 5.92 Å². The second-order valence-corrected chi connectivity index (χ2v) is 5.06. The number of aromatic nitrogens is 1. The van der Waals surface area contributed by atoms with Crippen molar-refractivity contribution in [3.8, 4) is 5.75 Å². The van der Waals surface area contributed by atoms with Gasteiger partial charge < -0.3 is 20.7 Å². The van der Waals surface area contributed by atoms with Gasteiger partial charge in [-0.25, -0.2) is 0 Å². The molecule has 0 bridgehead atoms. The molecule has 2 rings (SSSR count). The number of nitrogens with zero attached hydrogens (tertiary/aromatic N) is 2. The second-order valence-electron chi connectivity index (χ2n) is 4.31. The molecule has 1 saturated heterocycles. The van der Waals surface area contributed by atoms with Crippen molar-refractivity contribution in [3.05, 3.63) is 0 Å². The number of piperidine rings is 1. The number of anilines is 2. The van der Waals surface area contributed by atoms with Gasteiger partial charge in [0.1, 0.15) is 0 Å². The highest BCUT2D eigenvalue weighted by atomic mass is 32.1. The topological polar surface area (TPSA) is 80.5 Å². The first-order valence-electron chi connectivity index (χ1n) is 5.93. The lowest BCUT2D eigenvalue weighted by molar-refractivity contribution is -0.124. The fourth-order valence-corrected chi connectivity index (χ4v) is 3.08. The van der Waals surface area contributed by atoms with Gasteiger partial charge in [-0.3, -0.25) is 4.79 Å². The summed E-state index contributed by atoms with van der Waals surface area (Å²) in [7, 11) is 3.26. The van der Waals surface area contributed by atoms with Crippen LogP contribution < -0.4 is 20.7 Å². The Labute approximate surface area is 110 Å². The number of amides is 1. The molecule has 1 aliphatic heterocycles. The zero-order valence-corrected chi connectivity index (χ0v) is 11.4. The van der Waals surface area contributed by atoms with Gasteiger partial charge in [0.05, 0.1) is 13.0 Å². The van der Waals surface area contributed by atoms with Crippen molar-refractivity contribution in [2.75, 3.05) is 37.9 Å². The number of nitrogens with two attached hydrogens (primary N) is 1. The van der Waals surface area contributed by atoms with Gasteiger partial charge in [-0.2, -0.15) is 4.37 Å². The summed E-state index contributed by atoms with van der Waals surface area (Å²) in [5, 5.41) is 3.63. The van der Waals surface area contributed by atoms with Gasteiger partial charge in [-0.15, -0.1) is 0 Å². The zero-order valence-electron chi connectivity index (χ0n) is 10.6. The molecule has 0 aromatic carbocycles. The quantitative estimate of drug-likeness (QED) is 0.845. The molecule has 0 spiro atoms. The average Bonchev–Trinajstić information content (AvgIpc) is 2.79. The maximum Gasteiger partial charge on any atom is 0.224 e. The standard InChI is InChI=1S/C11H18N4O2S/c1-13-10(16)7-4-3-5-15(6-7)11-8(17-2)9(12)14-18-11/h7H,3-6H2,1-2H3,(H2,12,14)(H,13,16). The van der Waals surface area contributed by atoms with Crippen LogP contribution >= 0.6 is 11.5 Å². The SMILES string of the molecule is CNC(=O)C1CCCN(c2snc(N)c2OC)C1. The molecule has 0 aliphatic carbocycles. The molecule has 1 aromatic heterocycles. The van der Waals surface area contributed by atoms with E-state index in [-0.39, 0.29) is 11.8 Å². The van der Waals surface area contributed by atoms with E-state index in [1.54, 1.807) is 14.2 Å². The maximum absolute atomic E-state index is 11.7. The van der Waals surface area contributed by atoms with E-state index in [0.717, 1.165) is 24.4 Å². The van der Waals surface area contributed by atoms with Crippen LogP contribution in [0, 0.1) is 5.92 Å². The van der Waals surface area contributed by atoms with E-state index in [9.17, 15) is 4.79 Å². The summed E-state index contributed by atoms with van der Waals surface area (Å²) in [5.74, 6) is 1.16. The van der Waals surface area contributed by atoms with Crippen LogP contribution in [0.1, 0.15) is 12.8 Å². The molecular weight excluding hydrogens is 252 g/mol. The lowest BCUT2D eigenvalue weighted by atomic mass is 9.97. The molecule has 1 aliphatic rings. The molecule has 7 heteroatoms. The lowest BCUT2D eigenvalue weighted by Gasteiger charge is -2.32. The Hall–Kier alpha value is -1.50. The number of ether oxygens (including phenoxy) is 1. The number of carbonyl (C=O) groups is 1. The van der Waals surface area contributed by atoms with Gasteiger partial charge in [-0.1, -0.05) is 0 Å². The minimum absolute atomic E-state index is 0.0248. The molecule has 1 unspecified atom stereocenters. The fourth-order valence-electron chi connectivity index (χ4n) is 2.26. The van der Waals surface area contributed by atoms with Crippen LogP contribution in [-0.4, -0.2) is 37.5 Å². The van der Waals surface area contributed by atoms with E-state index in [0.29, 0.717) is 18.1 Å². The highest BCUT2D eigenvalue weighted by molar-refractivity contribution is 7.11. The van der Waals surface area contributed by atoms with E-state index in [1.165, 1.54) is 11.5 Å². The molecule has 1 amide bonds. The van der Waals surface area contributed by atoms with E-state index >= 15 is 0 Å². The maximum atomic E-state index is 11.7. The summed E-state index contributed by atoms with van der Waals surface area (Å²) in [6.45, 7) is 1.60. The van der Waals surface area contributed by atoms with E-state index < -0.39 is 0 Å². The number of hydrogen-bond acceptors (Lipinski definition) is 6. The van der Waals surface area contributed by atoms with Crippen LogP contribution in [0.25, 0.3) is 0 Å². The predicted molar refractivity (Wildman–Crippen MR) is 72.1 cm³/mol. The molecule has 1 aromatic rings. The van der Waals surface area contributed by atoms with E-state index in [1.807, 2.05) is 0 Å². The predicted octanol–water partition coefficient (Wildman–Crippen LogP) is 0.696. The summed E-state index contributed by atoms with van der Waals surface area (Å²) in [5.41, 5.74) is 5.75. The van der Waals surface area contributed by atoms with E-state index in [4.69, 9.17) is 10.5 Å². The largest absolute Gasteiger partial charge is 0.490 e. The molecule has 100 valence electrons. The fraction of sp³-hybridized carbons (Fsp3) is 0.636. The van der Waals surface area contributed by atoms with Crippen LogP contribution in [0.2, 0.25) is 0 Å². The lowest BCUT2D eigenvalue weighted by Crippen LogP contribution is -2.42. The highest BCUT2D eigenvalue weighted by Gasteiger charge is 2.28. The molecule has 6 nitrogen and oxygen atoms in total. The van der Waals surface area contributed by atoms with Gasteiger partial charge in [-0.05, 0) is 24.4 Å². The molecule has 1 fully saturated rings. The first-order valence-corrected chi connectivity index (χ1v) is 6.70. The average molecular weight is 270 g/mol. The third kappa shape index (κ3) is 2.35. The van der Waals surface area contributed by atoms with Crippen LogP contribution in [-0.2, 0) is 4.79 Å². The summed E-state index contributed by atoms with van der Waals surface area (Å²) in [6.07, 6.45) is 1.91. The van der Waals surface area contributed by atoms with Gasteiger partial charge in [0, 0.05) is 20.1 Å². The van der Waals surface area contributed by atoms with Crippen LogP contribution in [0.3, 0.4) is 0 Å². The van der Waals surface area contributed by atoms with Gasteiger partial charge in [0.15, 0.2) is 16.6 Å². The summed E-state index contributed by atoms with van der Waals surface area (Å²) < 4.78 is 9.38. The van der Waals surface area contributed by atoms with Crippen LogP contribution in [0.4, 0.5) is 10.8 Å². The summed E-state index contributed by atoms with van der Waals surface area (Å²) >= 11 is 1.32. The zero-order chi connectivity index (χ0) is 13.1. The van der Waals surface area contributed by atoms with Crippen molar-refractivity contribution in [3.63, 3.8) is 0 Å². The van der Waals surface area contributed by atoms with Gasteiger partial charge in [0.25, 0.3) is 0 Å². The second kappa shape index (κ2) is 5.43. The molecule has 0 radical (unpaired) electrons. The number of carbonyl (C=O) groups excluding carboxylic acids is 1. The minimum atomic E-state index is 0.0248. The normalized spacial score (nSPS) is 19.7. The smallest absolute Gasteiger partial charge is 0.224 e. The Kier molecular flexibility index (Phi) is 3.90. The first kappa shape index (κ1) is 12.9. The molecular formula is C11H18N4O2S. The number of nitrogens with one attached hydrogen (secondary N) is 1. The monoisotopic (exact) mass is 270 g/mol. The summed E-state index contributed by atoms with van der Waals surface area (Å²) in [4.78, 5) is 13.8. The summed E-state index contributed by atoms with van der Waals surface area (Å²) in [6, 6.07) is 0. The van der Waals surface area contributed by atoms with Crippen LogP contribution in [0.15, 0.2) is 0 Å². The van der Waals surface area contributed by atoms with Crippen molar-refractivity contribution in [1.29, 1.82) is 0 Å². The van der Waals surface area contributed by atoms with Gasteiger partial charge in [0.2, 0.25) is 5.91 Å². The number of hydrogen-bond donors (Lipinski definition) is 2. The van der Waals surface area contributed by atoms with Gasteiger partial charge >= 0.3 is 0 Å². The van der Waals surface area contributed by atoms with Crippen molar-refractivity contribution >= 4 is 28.3 Å². The Bertz CT molecular complexity index is 435. The Morgan fingerprint density at radius 2 is 2.44 bits per heavy atom. The molecule has 2 heterocycles. The molecule has 1 atom stereocenters. The number of methoxy groups -OCH3 is 1. The number of nitrogen functional groups attached to an aromatic ring is 1. The van der Waals surface area contributed by atoms with E-state index in [2.05, 4.69) is 14.6 Å². The Morgan fingerprint density at radius 3 is 3.11 bits per heavy atom. The Morgan fingerprint density at radius 1 is 1.67 bits per heavy atom. The first-order chi connectivity index (χ1) is 8.67. The molecule has 18 heavy (non-hydrogen) atoms. The third-order valence-corrected chi connectivity index (χ3v) is 4.09. The molecule has 0 saturated carbocycles. The highest BCUT2D eigenvalue weighted by Crippen LogP contribution is 2.39. The number of rotatable bonds is 3. The Balaban J connectivity index is 2.15. The van der Waals surface area contributed by atoms with Crippen molar-refractivity contribution < 1.29 is 9.53 Å². The third-order valence-electron chi connectivity index (χ3n) is 3.19. The van der Waals surface area contributed by atoms with Crippen molar-refractivity contribution in [2.45, 2.75) is 12.8 Å².